The summed E-state index contributed by atoms with van der Waals surface area (Å²) in [5, 5.41) is 3.65. The molecule has 1 fully saturated rings. The first-order chi connectivity index (χ1) is 13.2. The second kappa shape index (κ2) is 7.80. The summed E-state index contributed by atoms with van der Waals surface area (Å²) >= 11 is 0. The number of ketones is 1. The maximum absolute atomic E-state index is 13.0. The van der Waals surface area contributed by atoms with E-state index in [2.05, 4.69) is 5.16 Å². The standard InChI is InChI=1S/C18H19FN2O6S/c1-11-17(12(2)27-20-11)28(24,25)21-9-3-4-15(21)18(23)26-10-16(22)13-5-7-14(19)8-6-13/h5-8,15H,3-4,9-10H2,1-2H3/t15-/m0/s1. The average Bonchev–Trinajstić information content (AvgIpc) is 3.27. The summed E-state index contributed by atoms with van der Waals surface area (Å²) in [6.45, 7) is 2.59. The summed E-state index contributed by atoms with van der Waals surface area (Å²) in [7, 11) is -4.00. The van der Waals surface area contributed by atoms with Gasteiger partial charge in [0.15, 0.2) is 18.2 Å². The molecular weight excluding hydrogens is 391 g/mol. The van der Waals surface area contributed by atoms with Crippen LogP contribution >= 0.6 is 0 Å². The predicted octanol–water partition coefficient (Wildman–Crippen LogP) is 2.01. The van der Waals surface area contributed by atoms with Crippen LogP contribution in [-0.2, 0) is 19.6 Å². The minimum Gasteiger partial charge on any atom is -0.456 e. The molecule has 1 aromatic heterocycles. The van der Waals surface area contributed by atoms with Crippen LogP contribution in [0.1, 0.15) is 34.7 Å². The number of sulfonamides is 1. The number of benzene rings is 1. The molecule has 1 atom stereocenters. The Morgan fingerprint density at radius 3 is 2.57 bits per heavy atom. The average molecular weight is 410 g/mol. The van der Waals surface area contributed by atoms with E-state index >= 15 is 0 Å². The summed E-state index contributed by atoms with van der Waals surface area (Å²) in [6, 6.07) is 3.80. The third-order valence-corrected chi connectivity index (χ3v) is 6.68. The fraction of sp³-hybridized carbons (Fsp3) is 0.389. The van der Waals surface area contributed by atoms with E-state index in [-0.39, 0.29) is 34.9 Å². The van der Waals surface area contributed by atoms with Gasteiger partial charge in [-0.1, -0.05) is 5.16 Å². The van der Waals surface area contributed by atoms with Crippen LogP contribution in [0.3, 0.4) is 0 Å². The molecule has 8 nitrogen and oxygen atoms in total. The van der Waals surface area contributed by atoms with E-state index in [1.807, 2.05) is 0 Å². The highest BCUT2D eigenvalue weighted by Crippen LogP contribution is 2.30. The van der Waals surface area contributed by atoms with Crippen molar-refractivity contribution < 1.29 is 31.7 Å². The maximum atomic E-state index is 13.0. The topological polar surface area (TPSA) is 107 Å². The van der Waals surface area contributed by atoms with Crippen molar-refractivity contribution in [3.63, 3.8) is 0 Å². The van der Waals surface area contributed by atoms with Gasteiger partial charge in [0.25, 0.3) is 0 Å². The van der Waals surface area contributed by atoms with Gasteiger partial charge >= 0.3 is 5.97 Å². The Morgan fingerprint density at radius 1 is 1.29 bits per heavy atom. The Morgan fingerprint density at radius 2 is 1.96 bits per heavy atom. The largest absolute Gasteiger partial charge is 0.456 e. The summed E-state index contributed by atoms with van der Waals surface area (Å²) in [6.07, 6.45) is 0.764. The van der Waals surface area contributed by atoms with E-state index in [0.29, 0.717) is 6.42 Å². The van der Waals surface area contributed by atoms with Crippen molar-refractivity contribution >= 4 is 21.8 Å². The number of Topliss-reactive ketones (excluding diaryl/α,β-unsaturated/α-hetero) is 1. The lowest BCUT2D eigenvalue weighted by Crippen LogP contribution is -2.42. The third-order valence-electron chi connectivity index (χ3n) is 4.52. The first kappa shape index (κ1) is 20.2. The van der Waals surface area contributed by atoms with Gasteiger partial charge in [0.05, 0.1) is 0 Å². The molecule has 2 heterocycles. The van der Waals surface area contributed by atoms with Crippen LogP contribution < -0.4 is 0 Å². The molecule has 0 radical (unpaired) electrons. The van der Waals surface area contributed by atoms with E-state index in [1.165, 1.54) is 26.0 Å². The molecule has 0 unspecified atom stereocenters. The first-order valence-corrected chi connectivity index (χ1v) is 10.1. The minimum atomic E-state index is -4.00. The number of nitrogens with zero attached hydrogens (tertiary/aromatic N) is 2. The van der Waals surface area contributed by atoms with E-state index in [1.54, 1.807) is 0 Å². The molecule has 10 heteroatoms. The fourth-order valence-corrected chi connectivity index (χ4v) is 5.12. The Labute approximate surface area is 161 Å². The quantitative estimate of drug-likeness (QED) is 0.530. The zero-order valence-electron chi connectivity index (χ0n) is 15.3. The van der Waals surface area contributed by atoms with Gasteiger partial charge in [-0.3, -0.25) is 9.59 Å². The van der Waals surface area contributed by atoms with Gasteiger partial charge in [0, 0.05) is 12.1 Å². The van der Waals surface area contributed by atoms with Crippen LogP contribution in [0.25, 0.3) is 0 Å². The Bertz CT molecular complexity index is 980. The molecule has 0 amide bonds. The van der Waals surface area contributed by atoms with E-state index in [9.17, 15) is 22.4 Å². The zero-order valence-corrected chi connectivity index (χ0v) is 16.2. The number of aryl methyl sites for hydroxylation is 2. The molecule has 1 aliphatic rings. The minimum absolute atomic E-state index is 0.0606. The Hall–Kier alpha value is -2.59. The van der Waals surface area contributed by atoms with E-state index < -0.39 is 40.2 Å². The van der Waals surface area contributed by atoms with Crippen molar-refractivity contribution in [1.29, 1.82) is 0 Å². The first-order valence-electron chi connectivity index (χ1n) is 8.62. The maximum Gasteiger partial charge on any atom is 0.324 e. The lowest BCUT2D eigenvalue weighted by molar-refractivity contribution is -0.146. The van der Waals surface area contributed by atoms with Crippen molar-refractivity contribution in [2.45, 2.75) is 37.6 Å². The number of rotatable bonds is 6. The molecule has 0 N–H and O–H groups in total. The molecule has 150 valence electrons. The van der Waals surface area contributed by atoms with Crippen molar-refractivity contribution in [2.75, 3.05) is 13.2 Å². The Balaban J connectivity index is 1.71. The number of carbonyl (C=O) groups is 2. The number of hydrogen-bond acceptors (Lipinski definition) is 7. The lowest BCUT2D eigenvalue weighted by Gasteiger charge is -2.22. The monoisotopic (exact) mass is 410 g/mol. The normalized spacial score (nSPS) is 17.6. The van der Waals surface area contributed by atoms with Gasteiger partial charge in [0.2, 0.25) is 10.0 Å². The second-order valence-electron chi connectivity index (χ2n) is 6.46. The highest BCUT2D eigenvalue weighted by molar-refractivity contribution is 7.89. The van der Waals surface area contributed by atoms with Crippen LogP contribution in [0.15, 0.2) is 33.7 Å². The van der Waals surface area contributed by atoms with Crippen LogP contribution in [0.2, 0.25) is 0 Å². The molecule has 1 aromatic carbocycles. The highest BCUT2D eigenvalue weighted by Gasteiger charge is 2.42. The van der Waals surface area contributed by atoms with E-state index in [0.717, 1.165) is 16.4 Å². The summed E-state index contributed by atoms with van der Waals surface area (Å²) in [5.41, 5.74) is 0.406. The van der Waals surface area contributed by atoms with Crippen LogP contribution in [-0.4, -0.2) is 48.8 Å². The van der Waals surface area contributed by atoms with Gasteiger partial charge < -0.3 is 9.26 Å². The SMILES string of the molecule is Cc1noc(C)c1S(=O)(=O)N1CCC[C@H]1C(=O)OCC(=O)c1ccc(F)cc1. The predicted molar refractivity (Wildman–Crippen MR) is 94.6 cm³/mol. The highest BCUT2D eigenvalue weighted by atomic mass is 32.2. The fourth-order valence-electron chi connectivity index (χ4n) is 3.18. The van der Waals surface area contributed by atoms with Gasteiger partial charge in [0.1, 0.15) is 22.4 Å². The van der Waals surface area contributed by atoms with Crippen LogP contribution in [0.4, 0.5) is 4.39 Å². The molecule has 0 bridgehead atoms. The molecule has 2 aromatic rings. The smallest absolute Gasteiger partial charge is 0.324 e. The van der Waals surface area contributed by atoms with Crippen LogP contribution in [0, 0.1) is 19.7 Å². The number of esters is 1. The molecule has 3 rings (SSSR count). The molecule has 28 heavy (non-hydrogen) atoms. The summed E-state index contributed by atoms with van der Waals surface area (Å²) in [4.78, 5) is 24.5. The third kappa shape index (κ3) is 3.83. The molecule has 1 aliphatic heterocycles. The summed E-state index contributed by atoms with van der Waals surface area (Å²) < 4.78 is 49.9. The van der Waals surface area contributed by atoms with Gasteiger partial charge in [-0.15, -0.1) is 0 Å². The molecule has 0 saturated carbocycles. The van der Waals surface area contributed by atoms with Gasteiger partial charge in [-0.2, -0.15) is 4.31 Å². The zero-order chi connectivity index (χ0) is 20.5. The molecule has 1 saturated heterocycles. The Kier molecular flexibility index (Phi) is 5.61. The molecular formula is C18H19FN2O6S. The van der Waals surface area contributed by atoms with E-state index in [4.69, 9.17) is 9.26 Å². The second-order valence-corrected chi connectivity index (χ2v) is 8.29. The van der Waals surface area contributed by atoms with Crippen molar-refractivity contribution in [1.82, 2.24) is 9.46 Å². The van der Waals surface area contributed by atoms with Gasteiger partial charge in [-0.25, -0.2) is 12.8 Å². The number of aromatic nitrogens is 1. The van der Waals surface area contributed by atoms with Crippen molar-refractivity contribution in [2.24, 2.45) is 0 Å². The van der Waals surface area contributed by atoms with Gasteiger partial charge in [-0.05, 0) is 51.0 Å². The number of halogens is 1. The molecule has 0 spiro atoms. The summed E-state index contributed by atoms with van der Waals surface area (Å²) in [5.74, 6) is -1.66. The van der Waals surface area contributed by atoms with Crippen molar-refractivity contribution in [3.8, 4) is 0 Å². The lowest BCUT2D eigenvalue weighted by atomic mass is 10.1. The number of ether oxygens (including phenoxy) is 1. The van der Waals surface area contributed by atoms with Crippen LogP contribution in [0.5, 0.6) is 0 Å². The van der Waals surface area contributed by atoms with Crippen molar-refractivity contribution in [3.05, 3.63) is 47.1 Å². The number of carbonyl (C=O) groups excluding carboxylic acids is 2. The molecule has 0 aliphatic carbocycles. The number of hydrogen-bond donors (Lipinski definition) is 0.